The van der Waals surface area contributed by atoms with Crippen LogP contribution in [0.5, 0.6) is 0 Å². The first-order valence-corrected chi connectivity index (χ1v) is 12.3. The summed E-state index contributed by atoms with van der Waals surface area (Å²) in [4.78, 5) is 47.0. The summed E-state index contributed by atoms with van der Waals surface area (Å²) in [5.41, 5.74) is 11.6. The van der Waals surface area contributed by atoms with E-state index in [2.05, 4.69) is 10.6 Å². The lowest BCUT2D eigenvalue weighted by atomic mass is 9.99. The molecule has 2 amide bonds. The molecule has 8 N–H and O–H groups in total. The number of hydrogen-bond acceptors (Lipinski definition) is 8. The average molecular weight is 467 g/mol. The predicted molar refractivity (Wildman–Crippen MR) is 119 cm³/mol. The molecule has 0 fully saturated rings. The van der Waals surface area contributed by atoms with Crippen LogP contribution in [0.15, 0.2) is 0 Å². The summed E-state index contributed by atoms with van der Waals surface area (Å²) in [6.07, 6.45) is 1.36. The lowest BCUT2D eigenvalue weighted by molar-refractivity contribution is -0.141. The van der Waals surface area contributed by atoms with Crippen molar-refractivity contribution < 1.29 is 29.4 Å². The first-order chi connectivity index (χ1) is 14.0. The highest BCUT2D eigenvalue weighted by molar-refractivity contribution is 8.76. The number of nitrogens with one attached hydrogen (secondary N) is 2. The van der Waals surface area contributed by atoms with Crippen LogP contribution < -0.4 is 22.1 Å². The summed E-state index contributed by atoms with van der Waals surface area (Å²) in [5, 5.41) is 23.4. The molecule has 0 aromatic carbocycles. The van der Waals surface area contributed by atoms with Crippen molar-refractivity contribution in [1.29, 1.82) is 0 Å². The quantitative estimate of drug-likeness (QED) is 0.144. The lowest BCUT2D eigenvalue weighted by Crippen LogP contribution is -2.51. The maximum Gasteiger partial charge on any atom is 0.327 e. The van der Waals surface area contributed by atoms with E-state index in [4.69, 9.17) is 11.5 Å². The minimum absolute atomic E-state index is 0.00559. The van der Waals surface area contributed by atoms with Crippen LogP contribution in [-0.2, 0) is 19.2 Å². The van der Waals surface area contributed by atoms with Crippen molar-refractivity contribution in [1.82, 2.24) is 10.6 Å². The van der Waals surface area contributed by atoms with E-state index in [1.54, 1.807) is 13.8 Å². The van der Waals surface area contributed by atoms with Gasteiger partial charge in [-0.05, 0) is 11.8 Å². The van der Waals surface area contributed by atoms with E-state index in [1.807, 2.05) is 13.8 Å². The summed E-state index contributed by atoms with van der Waals surface area (Å²) in [6.45, 7) is 7.37. The molecule has 0 saturated carbocycles. The van der Waals surface area contributed by atoms with Crippen LogP contribution in [0, 0.1) is 11.8 Å². The SMILES string of the molecule is CC[C@H](C)[C@H](N)C(=O)NC(CSSC[C@H](NC(=O)[C@@H](N)[C@@H](C)CC)C(=O)O)C(=O)O. The van der Waals surface area contributed by atoms with Gasteiger partial charge in [-0.15, -0.1) is 0 Å². The van der Waals surface area contributed by atoms with Gasteiger partial charge in [0.25, 0.3) is 0 Å². The number of carboxylic acid groups (broad SMARTS) is 2. The summed E-state index contributed by atoms with van der Waals surface area (Å²) >= 11 is 0. The highest BCUT2D eigenvalue weighted by Gasteiger charge is 2.28. The van der Waals surface area contributed by atoms with Crippen LogP contribution in [0.25, 0.3) is 0 Å². The van der Waals surface area contributed by atoms with Crippen molar-refractivity contribution in [3.05, 3.63) is 0 Å². The number of carbonyl (C=O) groups excluding carboxylic acids is 2. The molecule has 0 aromatic heterocycles. The number of carbonyl (C=O) groups is 4. The molecule has 1 unspecified atom stereocenters. The molecule has 0 rings (SSSR count). The van der Waals surface area contributed by atoms with Crippen LogP contribution in [-0.4, -0.2) is 69.6 Å². The number of aliphatic carboxylic acids is 2. The van der Waals surface area contributed by atoms with Gasteiger partial charge in [0.2, 0.25) is 11.8 Å². The molecule has 0 bridgehead atoms. The Hall–Kier alpha value is -1.50. The number of nitrogens with two attached hydrogens (primary N) is 2. The van der Waals surface area contributed by atoms with Gasteiger partial charge in [-0.1, -0.05) is 62.1 Å². The monoisotopic (exact) mass is 466 g/mol. The van der Waals surface area contributed by atoms with Gasteiger partial charge in [0.15, 0.2) is 0 Å². The van der Waals surface area contributed by atoms with E-state index in [0.29, 0.717) is 12.8 Å². The largest absolute Gasteiger partial charge is 0.480 e. The third kappa shape index (κ3) is 10.0. The number of hydrogen-bond donors (Lipinski definition) is 6. The average Bonchev–Trinajstić information content (AvgIpc) is 2.71. The standard InChI is InChI=1S/C18H34N4O6S2/c1-5-9(3)13(19)15(23)21-11(17(25)26)7-29-30-8-12(18(27)28)22-16(24)14(20)10(4)6-2/h9-14H,5-8,19-20H2,1-4H3,(H,21,23)(H,22,24)(H,25,26)(H,27,28)/t9-,10-,11-,12?,13-,14-/m0/s1. The number of rotatable bonds is 15. The molecule has 6 atom stereocenters. The first-order valence-electron chi connectivity index (χ1n) is 9.78. The molecule has 0 aliphatic carbocycles. The second kappa shape index (κ2) is 14.5. The van der Waals surface area contributed by atoms with Crippen molar-refractivity contribution in [3.8, 4) is 0 Å². The molecule has 0 spiro atoms. The Bertz CT molecular complexity index is 545. The van der Waals surface area contributed by atoms with E-state index in [0.717, 1.165) is 21.6 Å². The Morgan fingerprint density at radius 3 is 1.30 bits per heavy atom. The zero-order valence-corrected chi connectivity index (χ0v) is 19.4. The molecule has 30 heavy (non-hydrogen) atoms. The first kappa shape index (κ1) is 28.5. The number of amides is 2. The molecule has 0 aromatic rings. The normalized spacial score (nSPS) is 17.1. The van der Waals surface area contributed by atoms with Crippen molar-refractivity contribution in [2.45, 2.75) is 64.7 Å². The molecule has 10 nitrogen and oxygen atoms in total. The molecular formula is C18H34N4O6S2. The van der Waals surface area contributed by atoms with Crippen LogP contribution >= 0.6 is 21.6 Å². The minimum atomic E-state index is -1.21. The Morgan fingerprint density at radius 2 is 1.07 bits per heavy atom. The van der Waals surface area contributed by atoms with Gasteiger partial charge in [0, 0.05) is 11.5 Å². The van der Waals surface area contributed by atoms with Gasteiger partial charge in [0.1, 0.15) is 12.1 Å². The van der Waals surface area contributed by atoms with Crippen molar-refractivity contribution in [2.75, 3.05) is 11.5 Å². The third-order valence-electron chi connectivity index (χ3n) is 4.90. The molecule has 0 saturated heterocycles. The van der Waals surface area contributed by atoms with E-state index >= 15 is 0 Å². The minimum Gasteiger partial charge on any atom is -0.480 e. The lowest BCUT2D eigenvalue weighted by Gasteiger charge is -2.22. The second-order valence-electron chi connectivity index (χ2n) is 7.19. The van der Waals surface area contributed by atoms with Crippen molar-refractivity contribution in [3.63, 3.8) is 0 Å². The van der Waals surface area contributed by atoms with Gasteiger partial charge < -0.3 is 32.3 Å². The molecule has 12 heteroatoms. The fourth-order valence-corrected chi connectivity index (χ4v) is 4.45. The maximum atomic E-state index is 12.1. The third-order valence-corrected chi connectivity index (χ3v) is 7.32. The zero-order valence-electron chi connectivity index (χ0n) is 17.8. The smallest absolute Gasteiger partial charge is 0.327 e. The highest BCUT2D eigenvalue weighted by atomic mass is 33.1. The number of carboxylic acids is 2. The Morgan fingerprint density at radius 1 is 0.767 bits per heavy atom. The second-order valence-corrected chi connectivity index (χ2v) is 9.74. The highest BCUT2D eigenvalue weighted by Crippen LogP contribution is 2.23. The van der Waals surface area contributed by atoms with E-state index in [-0.39, 0.29) is 23.3 Å². The van der Waals surface area contributed by atoms with Crippen LogP contribution in [0.3, 0.4) is 0 Å². The van der Waals surface area contributed by atoms with Gasteiger partial charge in [-0.3, -0.25) is 9.59 Å². The van der Waals surface area contributed by atoms with Gasteiger partial charge in [-0.2, -0.15) is 0 Å². The molecule has 0 aliphatic rings. The Labute approximate surface area is 185 Å². The fraction of sp³-hybridized carbons (Fsp3) is 0.778. The molecular weight excluding hydrogens is 432 g/mol. The van der Waals surface area contributed by atoms with Gasteiger partial charge in [0.05, 0.1) is 12.1 Å². The Kier molecular flexibility index (Phi) is 13.8. The predicted octanol–water partition coefficient (Wildman–Crippen LogP) is 0.253. The van der Waals surface area contributed by atoms with Gasteiger partial charge in [-0.25, -0.2) is 9.59 Å². The molecule has 0 radical (unpaired) electrons. The molecule has 0 heterocycles. The summed E-state index contributed by atoms with van der Waals surface area (Å²) in [7, 11) is 2.17. The van der Waals surface area contributed by atoms with Crippen LogP contribution in [0.2, 0.25) is 0 Å². The zero-order chi connectivity index (χ0) is 23.4. The van der Waals surface area contributed by atoms with Crippen LogP contribution in [0.4, 0.5) is 0 Å². The van der Waals surface area contributed by atoms with Crippen LogP contribution in [0.1, 0.15) is 40.5 Å². The topological polar surface area (TPSA) is 185 Å². The van der Waals surface area contributed by atoms with E-state index in [1.165, 1.54) is 0 Å². The van der Waals surface area contributed by atoms with E-state index in [9.17, 15) is 29.4 Å². The van der Waals surface area contributed by atoms with Crippen molar-refractivity contribution in [2.24, 2.45) is 23.3 Å². The fourth-order valence-electron chi connectivity index (χ4n) is 2.14. The maximum absolute atomic E-state index is 12.1. The Balaban J connectivity index is 4.65. The van der Waals surface area contributed by atoms with Crippen molar-refractivity contribution >= 4 is 45.3 Å². The summed E-state index contributed by atoms with van der Waals surface area (Å²) < 4.78 is 0. The molecule has 0 aliphatic heterocycles. The van der Waals surface area contributed by atoms with Gasteiger partial charge >= 0.3 is 11.9 Å². The summed E-state index contributed by atoms with van der Waals surface area (Å²) in [6, 6.07) is -3.95. The molecule has 174 valence electrons. The summed E-state index contributed by atoms with van der Waals surface area (Å²) in [5.74, 6) is -3.69. The van der Waals surface area contributed by atoms with E-state index < -0.39 is 47.9 Å².